The Bertz CT molecular complexity index is 632. The fourth-order valence-electron chi connectivity index (χ4n) is 1.68. The topological polar surface area (TPSA) is 42.0 Å². The van der Waals surface area contributed by atoms with Crippen LogP contribution in [0, 0.1) is 5.82 Å². The van der Waals surface area contributed by atoms with Crippen LogP contribution in [0.15, 0.2) is 36.4 Å². The van der Waals surface area contributed by atoms with Gasteiger partial charge in [0.1, 0.15) is 16.7 Å². The van der Waals surface area contributed by atoms with Crippen molar-refractivity contribution in [2.75, 3.05) is 0 Å². The summed E-state index contributed by atoms with van der Waals surface area (Å²) in [5.41, 5.74) is 0.839. The van der Waals surface area contributed by atoms with Crippen LogP contribution in [-0.4, -0.2) is 10.9 Å². The summed E-state index contributed by atoms with van der Waals surface area (Å²) in [6.07, 6.45) is 0. The molecule has 0 bridgehead atoms. The molecule has 104 valence electrons. The third kappa shape index (κ3) is 3.46. The van der Waals surface area contributed by atoms with E-state index in [1.54, 1.807) is 19.1 Å². The molecule has 0 fully saturated rings. The number of aromatic nitrogens is 1. The first-order valence-corrected chi connectivity index (χ1v) is 6.61. The second kappa shape index (κ2) is 6.20. The number of carbonyl (C=O) groups excluding carboxylic acids is 1. The number of carbonyl (C=O) groups is 1. The van der Waals surface area contributed by atoms with E-state index in [1.165, 1.54) is 24.3 Å². The predicted molar refractivity (Wildman–Crippen MR) is 76.5 cm³/mol. The molecule has 1 atom stereocenters. The fourth-order valence-corrected chi connectivity index (χ4v) is 2.02. The van der Waals surface area contributed by atoms with Gasteiger partial charge in [0.15, 0.2) is 0 Å². The average Bonchev–Trinajstić information content (AvgIpc) is 2.42. The maximum Gasteiger partial charge on any atom is 0.271 e. The highest BCUT2D eigenvalue weighted by atomic mass is 35.5. The van der Waals surface area contributed by atoms with Gasteiger partial charge < -0.3 is 5.32 Å². The highest BCUT2D eigenvalue weighted by molar-refractivity contribution is 6.34. The highest BCUT2D eigenvalue weighted by Gasteiger charge is 2.16. The Morgan fingerprint density at radius 3 is 2.50 bits per heavy atom. The lowest BCUT2D eigenvalue weighted by atomic mass is 10.1. The number of nitrogens with zero attached hydrogens (tertiary/aromatic N) is 1. The molecule has 0 saturated heterocycles. The van der Waals surface area contributed by atoms with E-state index in [-0.39, 0.29) is 27.7 Å². The van der Waals surface area contributed by atoms with Gasteiger partial charge in [-0.1, -0.05) is 35.3 Å². The van der Waals surface area contributed by atoms with Crippen molar-refractivity contribution in [3.05, 3.63) is 63.6 Å². The summed E-state index contributed by atoms with van der Waals surface area (Å²) in [4.78, 5) is 16.0. The van der Waals surface area contributed by atoms with Gasteiger partial charge in [0.2, 0.25) is 0 Å². The number of nitrogens with one attached hydrogen (secondary N) is 1. The Morgan fingerprint density at radius 2 is 1.85 bits per heavy atom. The van der Waals surface area contributed by atoms with Crippen molar-refractivity contribution in [3.63, 3.8) is 0 Å². The lowest BCUT2D eigenvalue weighted by molar-refractivity contribution is 0.0935. The molecule has 0 spiro atoms. The molecular weight excluding hydrogens is 302 g/mol. The molecule has 0 saturated carbocycles. The third-order valence-corrected chi connectivity index (χ3v) is 3.26. The molecule has 1 aromatic carbocycles. The van der Waals surface area contributed by atoms with Gasteiger partial charge in [-0.05, 0) is 36.8 Å². The van der Waals surface area contributed by atoms with E-state index in [0.717, 1.165) is 5.56 Å². The van der Waals surface area contributed by atoms with E-state index < -0.39 is 5.91 Å². The van der Waals surface area contributed by atoms with Crippen LogP contribution in [0.1, 0.15) is 29.0 Å². The SMILES string of the molecule is C[C@H](NC(=O)c1nc(Cl)ccc1Cl)c1ccc(F)cc1. The van der Waals surface area contributed by atoms with E-state index >= 15 is 0 Å². The Labute approximate surface area is 125 Å². The molecule has 3 nitrogen and oxygen atoms in total. The van der Waals surface area contributed by atoms with E-state index in [2.05, 4.69) is 10.3 Å². The van der Waals surface area contributed by atoms with Crippen LogP contribution in [0.5, 0.6) is 0 Å². The number of halogens is 3. The summed E-state index contributed by atoms with van der Waals surface area (Å²) in [5.74, 6) is -0.763. The lowest BCUT2D eigenvalue weighted by Gasteiger charge is -2.14. The smallest absolute Gasteiger partial charge is 0.271 e. The number of hydrogen-bond acceptors (Lipinski definition) is 2. The van der Waals surface area contributed by atoms with Gasteiger partial charge in [0.05, 0.1) is 11.1 Å². The van der Waals surface area contributed by atoms with Crippen molar-refractivity contribution in [3.8, 4) is 0 Å². The molecule has 0 aliphatic rings. The first-order valence-electron chi connectivity index (χ1n) is 5.86. The van der Waals surface area contributed by atoms with Crippen molar-refractivity contribution >= 4 is 29.1 Å². The minimum atomic E-state index is -0.436. The molecule has 20 heavy (non-hydrogen) atoms. The zero-order chi connectivity index (χ0) is 14.7. The maximum absolute atomic E-state index is 12.8. The highest BCUT2D eigenvalue weighted by Crippen LogP contribution is 2.19. The zero-order valence-corrected chi connectivity index (χ0v) is 12.0. The van der Waals surface area contributed by atoms with Crippen LogP contribution >= 0.6 is 23.2 Å². The average molecular weight is 313 g/mol. The second-order valence-electron chi connectivity index (χ2n) is 4.21. The molecule has 1 N–H and O–H groups in total. The molecule has 2 rings (SSSR count). The minimum absolute atomic E-state index is 0.0631. The van der Waals surface area contributed by atoms with Crippen LogP contribution in [0.25, 0.3) is 0 Å². The maximum atomic E-state index is 12.8. The quantitative estimate of drug-likeness (QED) is 0.870. The summed E-state index contributed by atoms with van der Waals surface area (Å²) in [5, 5.41) is 3.14. The van der Waals surface area contributed by atoms with Crippen LogP contribution in [0.2, 0.25) is 10.2 Å². The van der Waals surface area contributed by atoms with Crippen molar-refractivity contribution in [2.45, 2.75) is 13.0 Å². The molecule has 0 unspecified atom stereocenters. The van der Waals surface area contributed by atoms with Gasteiger partial charge in [-0.15, -0.1) is 0 Å². The van der Waals surface area contributed by atoms with Crippen LogP contribution in [0.4, 0.5) is 4.39 Å². The second-order valence-corrected chi connectivity index (χ2v) is 5.01. The van der Waals surface area contributed by atoms with Crippen LogP contribution < -0.4 is 5.32 Å². The van der Waals surface area contributed by atoms with Crippen molar-refractivity contribution in [2.24, 2.45) is 0 Å². The number of amides is 1. The number of rotatable bonds is 3. The van der Waals surface area contributed by atoms with E-state index in [1.807, 2.05) is 0 Å². The van der Waals surface area contributed by atoms with Gasteiger partial charge in [0, 0.05) is 0 Å². The van der Waals surface area contributed by atoms with Crippen molar-refractivity contribution < 1.29 is 9.18 Å². The normalized spacial score (nSPS) is 12.0. The van der Waals surface area contributed by atoms with Crippen LogP contribution in [0.3, 0.4) is 0 Å². The monoisotopic (exact) mass is 312 g/mol. The summed E-state index contributed by atoms with van der Waals surface area (Å²) in [6, 6.07) is 8.59. The van der Waals surface area contributed by atoms with Crippen LogP contribution in [-0.2, 0) is 0 Å². The molecule has 1 aromatic heterocycles. The molecule has 0 aliphatic heterocycles. The zero-order valence-electron chi connectivity index (χ0n) is 10.5. The standard InChI is InChI=1S/C14H11Cl2FN2O/c1-8(9-2-4-10(17)5-3-9)18-14(20)13-11(15)6-7-12(16)19-13/h2-8H,1H3,(H,18,20)/t8-/m0/s1. The first-order chi connectivity index (χ1) is 9.47. The minimum Gasteiger partial charge on any atom is -0.344 e. The van der Waals surface area contributed by atoms with Gasteiger partial charge >= 0.3 is 0 Å². The van der Waals surface area contributed by atoms with Gasteiger partial charge in [0.25, 0.3) is 5.91 Å². The summed E-state index contributed by atoms with van der Waals surface area (Å²) < 4.78 is 12.8. The number of benzene rings is 1. The predicted octanol–water partition coefficient (Wildman–Crippen LogP) is 4.02. The molecule has 1 amide bonds. The molecule has 2 aromatic rings. The molecular formula is C14H11Cl2FN2O. The molecule has 6 heteroatoms. The number of pyridine rings is 1. The van der Waals surface area contributed by atoms with E-state index in [9.17, 15) is 9.18 Å². The lowest BCUT2D eigenvalue weighted by Crippen LogP contribution is -2.27. The largest absolute Gasteiger partial charge is 0.344 e. The molecule has 0 aliphatic carbocycles. The van der Waals surface area contributed by atoms with Gasteiger partial charge in [-0.2, -0.15) is 0 Å². The number of hydrogen-bond donors (Lipinski definition) is 1. The summed E-state index contributed by atoms with van der Waals surface area (Å²) in [7, 11) is 0. The first kappa shape index (κ1) is 14.8. The Hall–Kier alpha value is -1.65. The van der Waals surface area contributed by atoms with Gasteiger partial charge in [-0.25, -0.2) is 9.37 Å². The van der Waals surface area contributed by atoms with Crippen molar-refractivity contribution in [1.29, 1.82) is 0 Å². The Balaban J connectivity index is 2.15. The third-order valence-electron chi connectivity index (χ3n) is 2.74. The molecule has 0 radical (unpaired) electrons. The van der Waals surface area contributed by atoms with Gasteiger partial charge in [-0.3, -0.25) is 4.79 Å². The Kier molecular flexibility index (Phi) is 4.57. The van der Waals surface area contributed by atoms with E-state index in [0.29, 0.717) is 0 Å². The van der Waals surface area contributed by atoms with E-state index in [4.69, 9.17) is 23.2 Å². The molecule has 1 heterocycles. The fraction of sp³-hybridized carbons (Fsp3) is 0.143. The summed E-state index contributed by atoms with van der Waals surface area (Å²) in [6.45, 7) is 1.78. The summed E-state index contributed by atoms with van der Waals surface area (Å²) >= 11 is 11.7. The Morgan fingerprint density at radius 1 is 1.20 bits per heavy atom. The van der Waals surface area contributed by atoms with Crippen molar-refractivity contribution in [1.82, 2.24) is 10.3 Å².